The Morgan fingerprint density at radius 3 is 2.69 bits per heavy atom. The van der Waals surface area contributed by atoms with Gasteiger partial charge in [0.25, 0.3) is 5.91 Å². The zero-order chi connectivity index (χ0) is 20.4. The second-order valence-corrected chi connectivity index (χ2v) is 8.79. The first-order valence-electron chi connectivity index (χ1n) is 8.69. The van der Waals surface area contributed by atoms with Crippen LogP contribution in [0.25, 0.3) is 22.3 Å². The molecule has 29 heavy (non-hydrogen) atoms. The lowest BCUT2D eigenvalue weighted by Crippen LogP contribution is -2.30. The van der Waals surface area contributed by atoms with Crippen molar-refractivity contribution in [3.05, 3.63) is 64.5 Å². The van der Waals surface area contributed by atoms with Crippen LogP contribution in [0.5, 0.6) is 0 Å². The Labute approximate surface area is 180 Å². The summed E-state index contributed by atoms with van der Waals surface area (Å²) in [5.74, 6) is -1.24. The highest BCUT2D eigenvalue weighted by Crippen LogP contribution is 2.35. The number of para-hydroxylation sites is 1. The van der Waals surface area contributed by atoms with Crippen molar-refractivity contribution < 1.29 is 14.7 Å². The molecule has 0 atom stereocenters. The van der Waals surface area contributed by atoms with Gasteiger partial charge >= 0.3 is 5.97 Å². The molecule has 146 valence electrons. The van der Waals surface area contributed by atoms with Crippen LogP contribution in [0.4, 0.5) is 0 Å². The van der Waals surface area contributed by atoms with Crippen LogP contribution in [-0.4, -0.2) is 42.5 Å². The summed E-state index contributed by atoms with van der Waals surface area (Å²) >= 11 is 8.03. The summed E-state index contributed by atoms with van der Waals surface area (Å²) in [7, 11) is 0. The number of benzene rings is 1. The fraction of sp³-hybridized carbons (Fsp3) is 0.100. The van der Waals surface area contributed by atoms with E-state index >= 15 is 0 Å². The van der Waals surface area contributed by atoms with Gasteiger partial charge in [-0.25, -0.2) is 4.68 Å². The van der Waals surface area contributed by atoms with Crippen molar-refractivity contribution in [1.82, 2.24) is 14.7 Å². The van der Waals surface area contributed by atoms with Crippen LogP contribution in [0.1, 0.15) is 12.0 Å². The number of carboxylic acids is 1. The summed E-state index contributed by atoms with van der Waals surface area (Å²) in [6.07, 6.45) is 3.52. The average molecular weight is 442 g/mol. The molecule has 3 aromatic rings. The predicted molar refractivity (Wildman–Crippen MR) is 119 cm³/mol. The first kappa shape index (κ1) is 19.6. The highest BCUT2D eigenvalue weighted by atomic mass is 32.2. The highest BCUT2D eigenvalue weighted by molar-refractivity contribution is 8.26. The second kappa shape index (κ2) is 8.32. The molecule has 3 heterocycles. The normalized spacial score (nSPS) is 15.4. The van der Waals surface area contributed by atoms with E-state index in [0.717, 1.165) is 21.8 Å². The Kier molecular flexibility index (Phi) is 5.61. The molecule has 0 aliphatic carbocycles. The maximum atomic E-state index is 12.7. The molecule has 1 saturated heterocycles. The van der Waals surface area contributed by atoms with Gasteiger partial charge in [0.2, 0.25) is 0 Å². The van der Waals surface area contributed by atoms with Gasteiger partial charge in [0.1, 0.15) is 10.0 Å². The van der Waals surface area contributed by atoms with Crippen LogP contribution >= 0.6 is 35.3 Å². The van der Waals surface area contributed by atoms with Gasteiger partial charge in [0.15, 0.2) is 0 Å². The summed E-state index contributed by atoms with van der Waals surface area (Å²) in [6, 6.07) is 13.7. The van der Waals surface area contributed by atoms with Crippen LogP contribution in [0.3, 0.4) is 0 Å². The number of thioether (sulfide) groups is 1. The van der Waals surface area contributed by atoms with Gasteiger partial charge in [0.05, 0.1) is 21.9 Å². The van der Waals surface area contributed by atoms with Crippen LogP contribution < -0.4 is 0 Å². The monoisotopic (exact) mass is 441 g/mol. The first-order chi connectivity index (χ1) is 14.0. The number of nitrogens with zero attached hydrogens (tertiary/aromatic N) is 3. The second-order valence-electron chi connectivity index (χ2n) is 6.17. The molecular formula is C20H15N3O3S3. The van der Waals surface area contributed by atoms with Crippen LogP contribution in [0, 0.1) is 0 Å². The number of hydrogen-bond donors (Lipinski definition) is 1. The fourth-order valence-electron chi connectivity index (χ4n) is 2.85. The molecule has 0 spiro atoms. The van der Waals surface area contributed by atoms with Crippen LogP contribution in [0.15, 0.2) is 58.9 Å². The van der Waals surface area contributed by atoms with Crippen LogP contribution in [-0.2, 0) is 9.59 Å². The molecule has 1 aromatic carbocycles. The zero-order valence-corrected chi connectivity index (χ0v) is 17.5. The molecule has 1 aliphatic heterocycles. The minimum absolute atomic E-state index is 0.0679. The molecule has 0 bridgehead atoms. The topological polar surface area (TPSA) is 75.4 Å². The number of aromatic nitrogens is 2. The Balaban J connectivity index is 1.71. The molecule has 4 rings (SSSR count). The molecule has 0 radical (unpaired) electrons. The minimum Gasteiger partial charge on any atom is -0.481 e. The third-order valence-electron chi connectivity index (χ3n) is 4.23. The molecule has 0 saturated carbocycles. The Morgan fingerprint density at radius 2 is 2.00 bits per heavy atom. The van der Waals surface area contributed by atoms with Crippen molar-refractivity contribution in [3.63, 3.8) is 0 Å². The maximum absolute atomic E-state index is 12.7. The number of thiophene rings is 1. The van der Waals surface area contributed by atoms with Crippen molar-refractivity contribution in [2.45, 2.75) is 6.42 Å². The maximum Gasteiger partial charge on any atom is 0.305 e. The van der Waals surface area contributed by atoms with E-state index in [4.69, 9.17) is 22.4 Å². The summed E-state index contributed by atoms with van der Waals surface area (Å²) in [5, 5.41) is 15.6. The lowest BCUT2D eigenvalue weighted by atomic mass is 10.2. The van der Waals surface area contributed by atoms with Gasteiger partial charge in [-0.3, -0.25) is 14.5 Å². The Hall–Kier alpha value is -2.75. The Morgan fingerprint density at radius 1 is 1.21 bits per heavy atom. The minimum atomic E-state index is -0.966. The number of hydrogen-bond acceptors (Lipinski definition) is 6. The zero-order valence-electron chi connectivity index (χ0n) is 15.0. The van der Waals surface area contributed by atoms with E-state index in [1.807, 2.05) is 54.0 Å². The largest absolute Gasteiger partial charge is 0.481 e. The molecule has 2 aromatic heterocycles. The van der Waals surface area contributed by atoms with Crippen molar-refractivity contribution in [2.75, 3.05) is 6.54 Å². The highest BCUT2D eigenvalue weighted by Gasteiger charge is 2.32. The van der Waals surface area contributed by atoms with Crippen molar-refractivity contribution >= 4 is 57.6 Å². The number of carbonyl (C=O) groups excluding carboxylic acids is 1. The van der Waals surface area contributed by atoms with E-state index < -0.39 is 5.97 Å². The predicted octanol–water partition coefficient (Wildman–Crippen LogP) is 4.28. The summed E-state index contributed by atoms with van der Waals surface area (Å²) < 4.78 is 2.15. The van der Waals surface area contributed by atoms with E-state index in [-0.39, 0.29) is 18.9 Å². The Bertz CT molecular complexity index is 1100. The molecular weight excluding hydrogens is 426 g/mol. The van der Waals surface area contributed by atoms with Gasteiger partial charge in [-0.15, -0.1) is 11.3 Å². The first-order valence-corrected chi connectivity index (χ1v) is 10.8. The van der Waals surface area contributed by atoms with Gasteiger partial charge in [0, 0.05) is 18.3 Å². The molecule has 1 N–H and O–H groups in total. The van der Waals surface area contributed by atoms with Crippen molar-refractivity contribution in [2.24, 2.45) is 0 Å². The smallest absolute Gasteiger partial charge is 0.305 e. The van der Waals surface area contributed by atoms with Gasteiger partial charge < -0.3 is 5.11 Å². The molecule has 1 fully saturated rings. The van der Waals surface area contributed by atoms with E-state index in [1.165, 1.54) is 16.7 Å². The van der Waals surface area contributed by atoms with E-state index in [2.05, 4.69) is 0 Å². The molecule has 6 nitrogen and oxygen atoms in total. The lowest BCUT2D eigenvalue weighted by molar-refractivity contribution is -0.137. The molecule has 1 aliphatic rings. The quantitative estimate of drug-likeness (QED) is 0.455. The fourth-order valence-corrected chi connectivity index (χ4v) is 4.88. The van der Waals surface area contributed by atoms with Crippen molar-refractivity contribution in [1.29, 1.82) is 0 Å². The molecule has 9 heteroatoms. The van der Waals surface area contributed by atoms with Gasteiger partial charge in [-0.2, -0.15) is 5.10 Å². The third kappa shape index (κ3) is 4.16. The van der Waals surface area contributed by atoms with E-state index in [0.29, 0.717) is 9.23 Å². The summed E-state index contributed by atoms with van der Waals surface area (Å²) in [4.78, 5) is 26.4. The molecule has 0 unspecified atom stereocenters. The van der Waals surface area contributed by atoms with E-state index in [9.17, 15) is 9.59 Å². The SMILES string of the molecule is O=C(O)CCN1C(=O)C(=Cc2cn(-c3ccccc3)nc2-c2cccs2)SC1=S. The lowest BCUT2D eigenvalue weighted by Gasteiger charge is -2.12. The van der Waals surface area contributed by atoms with Crippen molar-refractivity contribution in [3.8, 4) is 16.3 Å². The third-order valence-corrected chi connectivity index (χ3v) is 6.48. The number of amides is 1. The average Bonchev–Trinajstić information content (AvgIpc) is 3.42. The standard InChI is InChI=1S/C20H15N3O3S3/c24-17(25)8-9-22-19(26)16(29-20(22)27)11-13-12-23(14-5-2-1-3-6-14)21-18(13)15-7-4-10-28-15/h1-7,10-12H,8-9H2,(H,24,25). The van der Waals surface area contributed by atoms with Crippen LogP contribution in [0.2, 0.25) is 0 Å². The van der Waals surface area contributed by atoms with Gasteiger partial charge in [-0.1, -0.05) is 48.2 Å². The number of carbonyl (C=O) groups is 2. The molecule has 1 amide bonds. The van der Waals surface area contributed by atoms with E-state index in [1.54, 1.807) is 22.1 Å². The summed E-state index contributed by atoms with van der Waals surface area (Å²) in [6.45, 7) is 0.0679. The van der Waals surface area contributed by atoms with Gasteiger partial charge in [-0.05, 0) is 29.7 Å². The number of rotatable bonds is 6. The number of carboxylic acid groups (broad SMARTS) is 1. The number of aliphatic carboxylic acids is 1. The number of thiocarbonyl (C=S) groups is 1. The summed E-state index contributed by atoms with van der Waals surface area (Å²) in [5.41, 5.74) is 2.49.